The molecular formula is C15H17N5O5. The molecule has 132 valence electrons. The summed E-state index contributed by atoms with van der Waals surface area (Å²) in [7, 11) is 2.87. The van der Waals surface area contributed by atoms with Crippen molar-refractivity contribution in [3.63, 3.8) is 0 Å². The van der Waals surface area contributed by atoms with Crippen LogP contribution in [0.25, 0.3) is 11.2 Å². The van der Waals surface area contributed by atoms with Crippen molar-refractivity contribution in [1.82, 2.24) is 23.8 Å². The molecule has 3 heterocycles. The quantitative estimate of drug-likeness (QED) is 0.624. The molecule has 0 amide bonds. The number of pyridine rings is 1. The molecule has 0 saturated carbocycles. The number of carboxylic acids is 1. The topological polar surface area (TPSA) is 132 Å². The molecule has 0 bridgehead atoms. The van der Waals surface area contributed by atoms with Gasteiger partial charge in [0.15, 0.2) is 11.2 Å². The van der Waals surface area contributed by atoms with E-state index in [-0.39, 0.29) is 16.7 Å². The summed E-state index contributed by atoms with van der Waals surface area (Å²) in [6.07, 6.45) is 3.32. The van der Waals surface area contributed by atoms with Crippen LogP contribution in [0.2, 0.25) is 0 Å². The lowest BCUT2D eigenvalue weighted by Gasteiger charge is -2.02. The Balaban J connectivity index is 0.000000212. The molecular weight excluding hydrogens is 330 g/mol. The number of carboxylic acid groups (broad SMARTS) is 1. The molecule has 0 radical (unpaired) electrons. The highest BCUT2D eigenvalue weighted by molar-refractivity contribution is 5.86. The molecule has 25 heavy (non-hydrogen) atoms. The fraction of sp³-hybridized carbons (Fsp3) is 0.267. The first-order valence-electron chi connectivity index (χ1n) is 7.29. The number of imidazole rings is 1. The van der Waals surface area contributed by atoms with Crippen molar-refractivity contribution >= 4 is 17.1 Å². The van der Waals surface area contributed by atoms with Crippen LogP contribution in [0.4, 0.5) is 0 Å². The Labute approximate surface area is 141 Å². The monoisotopic (exact) mass is 347 g/mol. The van der Waals surface area contributed by atoms with Gasteiger partial charge in [-0.15, -0.1) is 0 Å². The largest absolute Gasteiger partial charge is 0.478 e. The van der Waals surface area contributed by atoms with Gasteiger partial charge in [0.1, 0.15) is 5.82 Å². The van der Waals surface area contributed by atoms with Crippen molar-refractivity contribution in [2.45, 2.75) is 13.3 Å². The van der Waals surface area contributed by atoms with Gasteiger partial charge in [-0.3, -0.25) is 18.9 Å². The zero-order valence-electron chi connectivity index (χ0n) is 13.9. The third-order valence-corrected chi connectivity index (χ3v) is 3.53. The molecule has 10 heteroatoms. The van der Waals surface area contributed by atoms with E-state index < -0.39 is 17.2 Å². The molecule has 0 spiro atoms. The van der Waals surface area contributed by atoms with Gasteiger partial charge in [0.05, 0.1) is 5.56 Å². The number of aromatic nitrogens is 5. The highest BCUT2D eigenvalue weighted by atomic mass is 16.5. The van der Waals surface area contributed by atoms with Gasteiger partial charge < -0.3 is 10.3 Å². The molecule has 0 aliphatic rings. The molecule has 0 atom stereocenters. The maximum Gasteiger partial charge on any atom is 0.337 e. The summed E-state index contributed by atoms with van der Waals surface area (Å²) >= 11 is 0. The lowest BCUT2D eigenvalue weighted by molar-refractivity contribution is 0.0696. The van der Waals surface area contributed by atoms with Crippen LogP contribution in [0, 0.1) is 0 Å². The number of nitrogens with zero attached hydrogens (tertiary/aromatic N) is 5. The van der Waals surface area contributed by atoms with Gasteiger partial charge in [0, 0.05) is 32.9 Å². The molecule has 2 N–H and O–H groups in total. The molecule has 10 nitrogen and oxygen atoms in total. The summed E-state index contributed by atoms with van der Waals surface area (Å²) in [5.74, 6) is -0.587. The first kappa shape index (κ1) is 17.9. The maximum atomic E-state index is 11.8. The smallest absolute Gasteiger partial charge is 0.337 e. The molecule has 3 aromatic heterocycles. The van der Waals surface area contributed by atoms with Gasteiger partial charge in [0.25, 0.3) is 5.56 Å². The van der Waals surface area contributed by atoms with Crippen LogP contribution in [0.15, 0.2) is 34.1 Å². The van der Waals surface area contributed by atoms with Crippen LogP contribution < -0.4 is 11.2 Å². The van der Waals surface area contributed by atoms with E-state index in [9.17, 15) is 19.6 Å². The van der Waals surface area contributed by atoms with Crippen LogP contribution in [0.3, 0.4) is 0 Å². The third-order valence-electron chi connectivity index (χ3n) is 3.53. The summed E-state index contributed by atoms with van der Waals surface area (Å²) in [6.45, 7) is 1.80. The van der Waals surface area contributed by atoms with Crippen LogP contribution in [0.5, 0.6) is 0 Å². The van der Waals surface area contributed by atoms with Crippen molar-refractivity contribution in [3.05, 3.63) is 56.8 Å². The normalized spacial score (nSPS) is 10.4. The predicted molar refractivity (Wildman–Crippen MR) is 88.0 cm³/mol. The molecule has 0 aromatic carbocycles. The van der Waals surface area contributed by atoms with Crippen molar-refractivity contribution in [3.8, 4) is 0 Å². The second-order valence-corrected chi connectivity index (χ2v) is 5.12. The fourth-order valence-electron chi connectivity index (χ4n) is 2.15. The van der Waals surface area contributed by atoms with E-state index in [4.69, 9.17) is 5.11 Å². The predicted octanol–water partition coefficient (Wildman–Crippen LogP) is 0.0132. The highest BCUT2D eigenvalue weighted by Gasteiger charge is 2.17. The van der Waals surface area contributed by atoms with E-state index in [0.29, 0.717) is 12.2 Å². The summed E-state index contributed by atoms with van der Waals surface area (Å²) < 4.78 is 2.93. The molecule has 0 fully saturated rings. The van der Waals surface area contributed by atoms with E-state index in [2.05, 4.69) is 9.97 Å². The second-order valence-electron chi connectivity index (χ2n) is 5.12. The average molecular weight is 347 g/mol. The summed E-state index contributed by atoms with van der Waals surface area (Å²) in [5, 5.41) is 18.1. The minimum Gasteiger partial charge on any atom is -0.478 e. The Hall–Kier alpha value is -3.43. The van der Waals surface area contributed by atoms with E-state index in [1.165, 1.54) is 37.1 Å². The third kappa shape index (κ3) is 3.27. The lowest BCUT2D eigenvalue weighted by Crippen LogP contribution is -2.37. The second kappa shape index (κ2) is 6.99. The number of hydrogen-bond acceptors (Lipinski definition) is 6. The van der Waals surface area contributed by atoms with Crippen LogP contribution in [-0.4, -0.2) is 40.1 Å². The average Bonchev–Trinajstić information content (AvgIpc) is 2.96. The summed E-state index contributed by atoms with van der Waals surface area (Å²) in [5.41, 5.74) is -0.558. The number of aromatic carboxylic acids is 1. The van der Waals surface area contributed by atoms with Gasteiger partial charge in [-0.1, -0.05) is 6.92 Å². The Morgan fingerprint density at radius 3 is 2.40 bits per heavy atom. The van der Waals surface area contributed by atoms with Crippen molar-refractivity contribution in [2.75, 3.05) is 0 Å². The highest BCUT2D eigenvalue weighted by Crippen LogP contribution is 2.08. The zero-order chi connectivity index (χ0) is 18.7. The maximum absolute atomic E-state index is 11.8. The van der Waals surface area contributed by atoms with Crippen molar-refractivity contribution in [1.29, 1.82) is 0 Å². The number of carbonyl (C=O) groups is 1. The minimum atomic E-state index is -0.942. The first-order chi connectivity index (χ1) is 11.8. The molecule has 3 rings (SSSR count). The standard InChI is InChI=1S/C9H12N4O3.C6H5NO2/c1-4-5-10-7-6(13(5)16)8(14)12(3)9(15)11(7)2;8-6(9)5-2-1-3-7-4-5/h16H,4H2,1-3H3;1-4H,(H,8,9). The molecule has 0 unspecified atom stereocenters. The fourth-order valence-corrected chi connectivity index (χ4v) is 2.15. The number of aryl methyl sites for hydroxylation is 2. The van der Waals surface area contributed by atoms with E-state index in [1.807, 2.05) is 0 Å². The van der Waals surface area contributed by atoms with Crippen molar-refractivity contribution < 1.29 is 15.1 Å². The van der Waals surface area contributed by atoms with Gasteiger partial charge in [0.2, 0.25) is 0 Å². The van der Waals surface area contributed by atoms with Gasteiger partial charge in [-0.05, 0) is 12.1 Å². The molecule has 0 aliphatic heterocycles. The van der Waals surface area contributed by atoms with Gasteiger partial charge in [-0.2, -0.15) is 4.73 Å². The SMILES string of the molecule is CCc1nc2c(c(=O)n(C)c(=O)n2C)n1O.O=C(O)c1cccnc1. The summed E-state index contributed by atoms with van der Waals surface area (Å²) in [4.78, 5) is 41.2. The van der Waals surface area contributed by atoms with Crippen LogP contribution >= 0.6 is 0 Å². The first-order valence-corrected chi connectivity index (χ1v) is 7.29. The van der Waals surface area contributed by atoms with Gasteiger partial charge in [-0.25, -0.2) is 14.6 Å². The summed E-state index contributed by atoms with van der Waals surface area (Å²) in [6, 6.07) is 3.08. The Kier molecular flexibility index (Phi) is 5.01. The Bertz CT molecular complexity index is 1030. The van der Waals surface area contributed by atoms with E-state index in [0.717, 1.165) is 9.30 Å². The van der Waals surface area contributed by atoms with Crippen molar-refractivity contribution in [2.24, 2.45) is 14.1 Å². The molecule has 3 aromatic rings. The zero-order valence-corrected chi connectivity index (χ0v) is 13.9. The van der Waals surface area contributed by atoms with Gasteiger partial charge >= 0.3 is 11.7 Å². The number of fused-ring (bicyclic) bond motifs is 1. The molecule has 0 aliphatic carbocycles. The number of hydrogen-bond donors (Lipinski definition) is 2. The Morgan fingerprint density at radius 1 is 1.24 bits per heavy atom. The van der Waals surface area contributed by atoms with Crippen LogP contribution in [0.1, 0.15) is 23.1 Å². The van der Waals surface area contributed by atoms with E-state index >= 15 is 0 Å². The minimum absolute atomic E-state index is 0.0291. The van der Waals surface area contributed by atoms with E-state index in [1.54, 1.807) is 13.0 Å². The Morgan fingerprint density at radius 2 is 1.92 bits per heavy atom. The molecule has 0 saturated heterocycles. The lowest BCUT2D eigenvalue weighted by atomic mass is 10.3. The van der Waals surface area contributed by atoms with Crippen LogP contribution in [-0.2, 0) is 20.5 Å². The number of rotatable bonds is 2.